The van der Waals surface area contributed by atoms with E-state index in [1.54, 1.807) is 11.3 Å². The van der Waals surface area contributed by atoms with E-state index in [1.165, 1.54) is 4.21 Å². The van der Waals surface area contributed by atoms with Gasteiger partial charge >= 0.3 is 5.97 Å². The van der Waals surface area contributed by atoms with E-state index in [4.69, 9.17) is 5.11 Å². The number of carbonyl (C=O) groups is 1. The van der Waals surface area contributed by atoms with Crippen molar-refractivity contribution in [2.45, 2.75) is 23.5 Å². The topological polar surface area (TPSA) is 40.5 Å². The van der Waals surface area contributed by atoms with Gasteiger partial charge in [-0.05, 0) is 36.8 Å². The SMILES string of the molecule is O=C(O)CC1CCCN(CCSc2cccs2)C1. The van der Waals surface area contributed by atoms with Gasteiger partial charge in [0.15, 0.2) is 0 Å². The van der Waals surface area contributed by atoms with Gasteiger partial charge in [-0.15, -0.1) is 23.1 Å². The number of likely N-dealkylation sites (tertiary alicyclic amines) is 1. The summed E-state index contributed by atoms with van der Waals surface area (Å²) in [5.41, 5.74) is 0. The molecule has 0 aliphatic carbocycles. The van der Waals surface area contributed by atoms with Gasteiger partial charge in [-0.2, -0.15) is 0 Å². The Morgan fingerprint density at radius 1 is 1.61 bits per heavy atom. The normalized spacial score (nSPS) is 21.0. The van der Waals surface area contributed by atoms with Crippen LogP contribution >= 0.6 is 23.1 Å². The molecule has 1 aliphatic rings. The summed E-state index contributed by atoms with van der Waals surface area (Å²) in [4.78, 5) is 13.1. The van der Waals surface area contributed by atoms with Crippen LogP contribution in [0, 0.1) is 5.92 Å². The van der Waals surface area contributed by atoms with E-state index >= 15 is 0 Å². The molecule has 0 spiro atoms. The van der Waals surface area contributed by atoms with Crippen molar-refractivity contribution < 1.29 is 9.90 Å². The predicted molar refractivity (Wildman–Crippen MR) is 76.5 cm³/mol. The minimum absolute atomic E-state index is 0.328. The summed E-state index contributed by atoms with van der Waals surface area (Å²) in [7, 11) is 0. The van der Waals surface area contributed by atoms with Gasteiger partial charge in [0.1, 0.15) is 0 Å². The van der Waals surface area contributed by atoms with E-state index < -0.39 is 5.97 Å². The molecule has 1 aromatic rings. The molecule has 5 heteroatoms. The summed E-state index contributed by atoms with van der Waals surface area (Å²) < 4.78 is 1.37. The van der Waals surface area contributed by atoms with Crippen molar-refractivity contribution in [3.8, 4) is 0 Å². The lowest BCUT2D eigenvalue weighted by Gasteiger charge is -2.31. The van der Waals surface area contributed by atoms with E-state index in [0.29, 0.717) is 12.3 Å². The first kappa shape index (κ1) is 13.9. The van der Waals surface area contributed by atoms with Crippen molar-refractivity contribution in [3.05, 3.63) is 17.5 Å². The Morgan fingerprint density at radius 3 is 3.22 bits per heavy atom. The number of nitrogens with zero attached hydrogens (tertiary/aromatic N) is 1. The van der Waals surface area contributed by atoms with Crippen molar-refractivity contribution in [1.82, 2.24) is 4.90 Å². The lowest BCUT2D eigenvalue weighted by atomic mass is 9.95. The number of aliphatic carboxylic acids is 1. The number of rotatable bonds is 6. The van der Waals surface area contributed by atoms with Crippen LogP contribution < -0.4 is 0 Å². The van der Waals surface area contributed by atoms with E-state index in [9.17, 15) is 4.79 Å². The van der Waals surface area contributed by atoms with E-state index in [-0.39, 0.29) is 0 Å². The number of hydrogen-bond acceptors (Lipinski definition) is 4. The molecule has 1 atom stereocenters. The second kappa shape index (κ2) is 7.16. The summed E-state index contributed by atoms with van der Waals surface area (Å²) in [6, 6.07) is 4.23. The maximum Gasteiger partial charge on any atom is 0.303 e. The van der Waals surface area contributed by atoms with Crippen molar-refractivity contribution in [2.24, 2.45) is 5.92 Å². The van der Waals surface area contributed by atoms with Gasteiger partial charge in [0.2, 0.25) is 0 Å². The van der Waals surface area contributed by atoms with Gasteiger partial charge in [0, 0.05) is 25.3 Å². The second-order valence-electron chi connectivity index (χ2n) is 4.69. The maximum atomic E-state index is 10.7. The quantitative estimate of drug-likeness (QED) is 0.816. The molecule has 0 radical (unpaired) electrons. The molecule has 2 heterocycles. The minimum Gasteiger partial charge on any atom is -0.481 e. The summed E-state index contributed by atoms with van der Waals surface area (Å²) >= 11 is 3.68. The zero-order valence-electron chi connectivity index (χ0n) is 10.4. The molecular formula is C13H19NO2S2. The molecule has 3 nitrogen and oxygen atoms in total. The number of carboxylic acids is 1. The first-order valence-corrected chi connectivity index (χ1v) is 8.21. The summed E-state index contributed by atoms with van der Waals surface area (Å²) in [6.07, 6.45) is 2.54. The Kier molecular flexibility index (Phi) is 5.53. The highest BCUT2D eigenvalue weighted by Gasteiger charge is 2.21. The molecule has 0 saturated carbocycles. The molecule has 2 rings (SSSR count). The summed E-state index contributed by atoms with van der Waals surface area (Å²) in [6.45, 7) is 3.15. The standard InChI is InChI=1S/C13H19NO2S2/c15-12(16)9-11-3-1-5-14(10-11)6-8-18-13-4-2-7-17-13/h2,4,7,11H,1,3,5-6,8-10H2,(H,15,16). The molecule has 100 valence electrons. The van der Waals surface area contributed by atoms with Gasteiger partial charge in [0.25, 0.3) is 0 Å². The van der Waals surface area contributed by atoms with Crippen LogP contribution in [0.5, 0.6) is 0 Å². The maximum absolute atomic E-state index is 10.7. The average Bonchev–Trinajstić information content (AvgIpc) is 2.82. The lowest BCUT2D eigenvalue weighted by Crippen LogP contribution is -2.37. The fourth-order valence-corrected chi connectivity index (χ4v) is 4.25. The van der Waals surface area contributed by atoms with Gasteiger partial charge in [-0.3, -0.25) is 4.79 Å². The smallest absolute Gasteiger partial charge is 0.303 e. The molecule has 1 N–H and O–H groups in total. The Hall–Kier alpha value is -0.520. The molecule has 0 aromatic carbocycles. The largest absolute Gasteiger partial charge is 0.481 e. The second-order valence-corrected chi connectivity index (χ2v) is 7.03. The molecule has 1 fully saturated rings. The fraction of sp³-hybridized carbons (Fsp3) is 0.615. The molecule has 18 heavy (non-hydrogen) atoms. The third kappa shape index (κ3) is 4.63. The number of thiophene rings is 1. The minimum atomic E-state index is -0.658. The molecule has 1 saturated heterocycles. The Bertz CT molecular complexity index is 367. The Balaban J connectivity index is 1.67. The first-order chi connectivity index (χ1) is 8.74. The first-order valence-electron chi connectivity index (χ1n) is 6.34. The van der Waals surface area contributed by atoms with Gasteiger partial charge in [0.05, 0.1) is 4.21 Å². The molecule has 0 amide bonds. The van der Waals surface area contributed by atoms with Crippen molar-refractivity contribution >= 4 is 29.1 Å². The third-order valence-corrected chi connectivity index (χ3v) is 5.32. The van der Waals surface area contributed by atoms with Crippen LogP contribution in [0.2, 0.25) is 0 Å². The van der Waals surface area contributed by atoms with Crippen molar-refractivity contribution in [2.75, 3.05) is 25.4 Å². The molecule has 1 unspecified atom stereocenters. The van der Waals surface area contributed by atoms with Crippen LogP contribution in [-0.2, 0) is 4.79 Å². The fourth-order valence-electron chi connectivity index (χ4n) is 2.39. The zero-order valence-corrected chi connectivity index (χ0v) is 12.0. The number of thioether (sulfide) groups is 1. The molecular weight excluding hydrogens is 266 g/mol. The van der Waals surface area contributed by atoms with Crippen LogP contribution in [-0.4, -0.2) is 41.4 Å². The van der Waals surface area contributed by atoms with Crippen LogP contribution in [0.25, 0.3) is 0 Å². The number of piperidine rings is 1. The van der Waals surface area contributed by atoms with E-state index in [0.717, 1.165) is 38.2 Å². The Labute approximate surface area is 116 Å². The average molecular weight is 285 g/mol. The van der Waals surface area contributed by atoms with Crippen LogP contribution in [0.4, 0.5) is 0 Å². The van der Waals surface area contributed by atoms with E-state index in [1.807, 2.05) is 11.8 Å². The Morgan fingerprint density at radius 2 is 2.50 bits per heavy atom. The molecule has 1 aromatic heterocycles. The summed E-state index contributed by atoms with van der Waals surface area (Å²) in [5, 5.41) is 10.9. The van der Waals surface area contributed by atoms with Crippen LogP contribution in [0.1, 0.15) is 19.3 Å². The van der Waals surface area contributed by atoms with Crippen LogP contribution in [0.3, 0.4) is 0 Å². The molecule has 0 bridgehead atoms. The highest BCUT2D eigenvalue weighted by Crippen LogP contribution is 2.24. The van der Waals surface area contributed by atoms with Crippen LogP contribution in [0.15, 0.2) is 21.7 Å². The molecule has 1 aliphatic heterocycles. The van der Waals surface area contributed by atoms with Gasteiger partial charge in [-0.1, -0.05) is 6.07 Å². The predicted octanol–water partition coefficient (Wildman–Crippen LogP) is 3.03. The monoisotopic (exact) mass is 285 g/mol. The lowest BCUT2D eigenvalue weighted by molar-refractivity contribution is -0.138. The van der Waals surface area contributed by atoms with Crippen molar-refractivity contribution in [1.29, 1.82) is 0 Å². The third-order valence-electron chi connectivity index (χ3n) is 3.21. The number of carboxylic acid groups (broad SMARTS) is 1. The summed E-state index contributed by atoms with van der Waals surface area (Å²) in [5.74, 6) is 0.790. The van der Waals surface area contributed by atoms with E-state index in [2.05, 4.69) is 22.4 Å². The van der Waals surface area contributed by atoms with Crippen molar-refractivity contribution in [3.63, 3.8) is 0 Å². The highest BCUT2D eigenvalue weighted by molar-refractivity contribution is 8.01. The van der Waals surface area contributed by atoms with Gasteiger partial charge in [-0.25, -0.2) is 0 Å². The zero-order chi connectivity index (χ0) is 12.8. The number of hydrogen-bond donors (Lipinski definition) is 1. The highest BCUT2D eigenvalue weighted by atomic mass is 32.2. The van der Waals surface area contributed by atoms with Gasteiger partial charge < -0.3 is 10.0 Å².